The van der Waals surface area contributed by atoms with Crippen LogP contribution in [0.15, 0.2) is 36.4 Å². The Hall–Kier alpha value is -2.37. The molecule has 1 unspecified atom stereocenters. The first kappa shape index (κ1) is 36.0. The van der Waals surface area contributed by atoms with Crippen LogP contribution < -0.4 is 19.7 Å². The maximum absolute atomic E-state index is 13.6. The van der Waals surface area contributed by atoms with Gasteiger partial charge in [0, 0.05) is 35.0 Å². The number of anilines is 1. The van der Waals surface area contributed by atoms with Crippen molar-refractivity contribution in [3.8, 4) is 5.75 Å². The quantitative estimate of drug-likeness (QED) is 0.371. The lowest BCUT2D eigenvalue weighted by Crippen LogP contribution is -2.56. The summed E-state index contributed by atoms with van der Waals surface area (Å²) in [4.78, 5) is 16.1. The van der Waals surface area contributed by atoms with Crippen LogP contribution in [0.1, 0.15) is 94.1 Å². The zero-order valence-corrected chi connectivity index (χ0v) is 31.6. The first-order valence-corrected chi connectivity index (χ1v) is 20.7. The zero-order chi connectivity index (χ0) is 35.3. The summed E-state index contributed by atoms with van der Waals surface area (Å²) in [5.41, 5.74) is 3.41. The lowest BCUT2D eigenvalue weighted by atomic mass is 9.55. The summed E-state index contributed by atoms with van der Waals surface area (Å²) in [7, 11) is -3.91. The number of carbonyl (C=O) groups excluding carboxylic acids is 1. The number of benzene rings is 2. The SMILES string of the molecule is CCNC1COC([C@H]2CCC[C@H](C)[C@@H](C)S(=O)(=O)NC(=O)c3ccc4c(c3)N(CC3(C)CC[C@@H]23)C[C@@]2(CCCc3cc(Cl)ccc32)CO4)OC1. The van der Waals surface area contributed by atoms with Gasteiger partial charge in [-0.3, -0.25) is 4.79 Å². The first-order valence-electron chi connectivity index (χ1n) is 18.7. The molecule has 7 rings (SSSR count). The summed E-state index contributed by atoms with van der Waals surface area (Å²) in [6.45, 7) is 12.3. The van der Waals surface area contributed by atoms with Crippen molar-refractivity contribution >= 4 is 33.2 Å². The molecule has 2 N–H and O–H groups in total. The van der Waals surface area contributed by atoms with Crippen LogP contribution in [0.5, 0.6) is 5.75 Å². The predicted octanol–water partition coefficient (Wildman–Crippen LogP) is 6.46. The number of sulfonamides is 1. The molecule has 2 aliphatic carbocycles. The van der Waals surface area contributed by atoms with Crippen molar-refractivity contribution in [2.24, 2.45) is 23.2 Å². The largest absolute Gasteiger partial charge is 0.490 e. The highest BCUT2D eigenvalue weighted by Crippen LogP contribution is 2.55. The molecular weight excluding hydrogens is 674 g/mol. The summed E-state index contributed by atoms with van der Waals surface area (Å²) in [6.07, 6.45) is 7.36. The molecule has 2 aromatic rings. The van der Waals surface area contributed by atoms with Crippen LogP contribution in [0.3, 0.4) is 0 Å². The highest BCUT2D eigenvalue weighted by atomic mass is 35.5. The fraction of sp³-hybridized carbons (Fsp3) is 0.667. The molecule has 5 aliphatic rings. The minimum Gasteiger partial charge on any atom is -0.490 e. The van der Waals surface area contributed by atoms with Crippen LogP contribution in [0.2, 0.25) is 5.02 Å². The van der Waals surface area contributed by atoms with Crippen LogP contribution in [-0.4, -0.2) is 71.4 Å². The molecule has 1 saturated carbocycles. The van der Waals surface area contributed by atoms with Crippen LogP contribution in [0.25, 0.3) is 0 Å². The van der Waals surface area contributed by atoms with E-state index in [1.54, 1.807) is 13.0 Å². The highest BCUT2D eigenvalue weighted by molar-refractivity contribution is 7.90. The fourth-order valence-corrected chi connectivity index (χ4v) is 11.1. The van der Waals surface area contributed by atoms with E-state index in [4.69, 9.17) is 25.8 Å². The van der Waals surface area contributed by atoms with Gasteiger partial charge in [-0.15, -0.1) is 0 Å². The molecular formula is C39H54ClN3O6S. The van der Waals surface area contributed by atoms with Gasteiger partial charge in [-0.05, 0) is 117 Å². The number of fused-ring (bicyclic) bond motifs is 4. The summed E-state index contributed by atoms with van der Waals surface area (Å²) >= 11 is 6.49. The number of halogens is 1. The zero-order valence-electron chi connectivity index (χ0n) is 30.0. The van der Waals surface area contributed by atoms with Crippen molar-refractivity contribution in [2.45, 2.75) is 102 Å². The van der Waals surface area contributed by atoms with Crippen molar-refractivity contribution < 1.29 is 27.4 Å². The average molecular weight is 728 g/mol. The van der Waals surface area contributed by atoms with Gasteiger partial charge >= 0.3 is 0 Å². The first-order chi connectivity index (χ1) is 23.9. The van der Waals surface area contributed by atoms with Gasteiger partial charge in [0.05, 0.1) is 36.8 Å². The molecule has 2 aromatic carbocycles. The number of hydrogen-bond acceptors (Lipinski definition) is 8. The number of likely N-dealkylation sites (N-methyl/N-ethyl adjacent to an activating group) is 1. The second-order valence-electron chi connectivity index (χ2n) is 16.1. The highest BCUT2D eigenvalue weighted by Gasteiger charge is 2.52. The van der Waals surface area contributed by atoms with Gasteiger partial charge in [-0.25, -0.2) is 13.1 Å². The van der Waals surface area contributed by atoms with Gasteiger partial charge in [-0.1, -0.05) is 44.9 Å². The summed E-state index contributed by atoms with van der Waals surface area (Å²) in [5, 5.41) is 3.48. The maximum atomic E-state index is 13.6. The average Bonchev–Trinajstić information content (AvgIpc) is 3.23. The van der Waals surface area contributed by atoms with Gasteiger partial charge < -0.3 is 24.4 Å². The molecule has 6 atom stereocenters. The minimum absolute atomic E-state index is 0.0340. The molecule has 1 amide bonds. The second-order valence-corrected chi connectivity index (χ2v) is 18.6. The van der Waals surface area contributed by atoms with Crippen molar-refractivity contribution in [1.29, 1.82) is 0 Å². The summed E-state index contributed by atoms with van der Waals surface area (Å²) in [6, 6.07) is 11.8. The van der Waals surface area contributed by atoms with E-state index in [1.165, 1.54) is 11.1 Å². The lowest BCUT2D eigenvalue weighted by Gasteiger charge is -2.55. The molecule has 0 aromatic heterocycles. The van der Waals surface area contributed by atoms with E-state index in [0.29, 0.717) is 31.3 Å². The summed E-state index contributed by atoms with van der Waals surface area (Å²) < 4.78 is 49.1. The summed E-state index contributed by atoms with van der Waals surface area (Å²) in [5.74, 6) is 0.526. The second kappa shape index (κ2) is 14.2. The molecule has 2 bridgehead atoms. The molecule has 3 aliphatic heterocycles. The van der Waals surface area contributed by atoms with Gasteiger partial charge in [-0.2, -0.15) is 0 Å². The Balaban J connectivity index is 1.29. The number of amides is 1. The van der Waals surface area contributed by atoms with Crippen LogP contribution >= 0.6 is 11.6 Å². The topological polar surface area (TPSA) is 106 Å². The number of aryl methyl sites for hydroxylation is 1. The number of carbonyl (C=O) groups is 1. The normalized spacial score (nSPS) is 35.9. The molecule has 1 saturated heterocycles. The molecule has 3 heterocycles. The molecule has 1 spiro atoms. The van der Waals surface area contributed by atoms with E-state index < -0.39 is 21.2 Å². The molecule has 274 valence electrons. The Bertz CT molecular complexity index is 1680. The van der Waals surface area contributed by atoms with Crippen molar-refractivity contribution in [3.63, 3.8) is 0 Å². The van der Waals surface area contributed by atoms with Gasteiger partial charge in [0.25, 0.3) is 5.91 Å². The Labute approximate surface area is 303 Å². The Morgan fingerprint density at radius 1 is 1.02 bits per heavy atom. The predicted molar refractivity (Wildman–Crippen MR) is 197 cm³/mol. The third-order valence-corrected chi connectivity index (χ3v) is 14.9. The third-order valence-electron chi connectivity index (χ3n) is 12.8. The maximum Gasteiger partial charge on any atom is 0.264 e. The molecule has 2 fully saturated rings. The van der Waals surface area contributed by atoms with E-state index in [0.717, 1.165) is 87.5 Å². The van der Waals surface area contributed by atoms with E-state index in [1.807, 2.05) is 25.1 Å². The number of rotatable bonds is 3. The number of nitrogens with zero attached hydrogens (tertiary/aromatic N) is 1. The van der Waals surface area contributed by atoms with E-state index in [9.17, 15) is 13.2 Å². The molecule has 0 radical (unpaired) electrons. The van der Waals surface area contributed by atoms with Crippen molar-refractivity contribution in [2.75, 3.05) is 44.4 Å². The van der Waals surface area contributed by atoms with Crippen molar-refractivity contribution in [1.82, 2.24) is 10.0 Å². The third kappa shape index (κ3) is 6.92. The fourth-order valence-electron chi connectivity index (χ4n) is 9.60. The molecule has 11 heteroatoms. The number of ether oxygens (including phenoxy) is 3. The Kier molecular flexibility index (Phi) is 10.2. The number of hydrogen-bond donors (Lipinski definition) is 2. The number of nitrogens with one attached hydrogen (secondary N) is 2. The van der Waals surface area contributed by atoms with Crippen molar-refractivity contribution in [3.05, 3.63) is 58.1 Å². The van der Waals surface area contributed by atoms with Crippen LogP contribution in [0, 0.1) is 23.2 Å². The van der Waals surface area contributed by atoms with Gasteiger partial charge in [0.15, 0.2) is 6.29 Å². The minimum atomic E-state index is -3.91. The molecule has 50 heavy (non-hydrogen) atoms. The van der Waals surface area contributed by atoms with Gasteiger partial charge in [0.2, 0.25) is 10.0 Å². The smallest absolute Gasteiger partial charge is 0.264 e. The monoisotopic (exact) mass is 727 g/mol. The Morgan fingerprint density at radius 2 is 1.82 bits per heavy atom. The molecule has 9 nitrogen and oxygen atoms in total. The van der Waals surface area contributed by atoms with Crippen LogP contribution in [0.4, 0.5) is 5.69 Å². The van der Waals surface area contributed by atoms with E-state index in [-0.39, 0.29) is 35.0 Å². The standard InChI is InChI=1S/C39H54ClN3O6S/c1-5-41-30-20-47-37(48-21-30)31-10-6-8-25(2)26(3)50(45,46)42-36(44)28-11-14-35-34(19-28)43(22-38(4)17-15-33(31)38)23-39(24-49-35)16-7-9-27-18-29(40)12-13-32(27)39/h11-14,18-19,25-26,30-31,33,37,41H,5-10,15-17,20-24H2,1-4H3,(H,42,44)/t25-,26+,30?,31-,33-,37?,38?,39-/m0/s1. The lowest BCUT2D eigenvalue weighted by molar-refractivity contribution is -0.238. The Morgan fingerprint density at radius 3 is 2.56 bits per heavy atom. The van der Waals surface area contributed by atoms with Crippen LogP contribution in [-0.2, 0) is 31.3 Å². The van der Waals surface area contributed by atoms with E-state index >= 15 is 0 Å². The van der Waals surface area contributed by atoms with E-state index in [2.05, 4.69) is 40.9 Å². The van der Waals surface area contributed by atoms with Gasteiger partial charge in [0.1, 0.15) is 5.75 Å².